The Hall–Kier alpha value is -2.28. The monoisotopic (exact) mass is 389 g/mol. The van der Waals surface area contributed by atoms with Crippen molar-refractivity contribution < 1.29 is 9.53 Å². The molecule has 1 amide bonds. The van der Waals surface area contributed by atoms with Gasteiger partial charge in [-0.05, 0) is 43.5 Å². The van der Waals surface area contributed by atoms with E-state index in [1.807, 2.05) is 24.3 Å². The Morgan fingerprint density at radius 2 is 1.93 bits per heavy atom. The van der Waals surface area contributed by atoms with E-state index in [2.05, 4.69) is 22.5 Å². The topological polar surface area (TPSA) is 69.2 Å². The summed E-state index contributed by atoms with van der Waals surface area (Å²) in [5, 5.41) is 6.71. The number of rotatable bonds is 8. The minimum atomic E-state index is 0.0247. The van der Waals surface area contributed by atoms with Gasteiger partial charge in [0.2, 0.25) is 5.91 Å². The average molecular weight is 390 g/mol. The van der Waals surface area contributed by atoms with Crippen LogP contribution in [-0.4, -0.2) is 75.1 Å². The Labute approximate surface area is 169 Å². The summed E-state index contributed by atoms with van der Waals surface area (Å²) in [4.78, 5) is 20.7. The van der Waals surface area contributed by atoms with Gasteiger partial charge in [-0.2, -0.15) is 0 Å². The van der Waals surface area contributed by atoms with Crippen LogP contribution in [0.5, 0.6) is 5.75 Å². The van der Waals surface area contributed by atoms with E-state index in [0.717, 1.165) is 37.2 Å². The Morgan fingerprint density at radius 3 is 2.50 bits per heavy atom. The molecule has 156 valence electrons. The summed E-state index contributed by atoms with van der Waals surface area (Å²) < 4.78 is 5.20. The Kier molecular flexibility index (Phi) is 9.07. The number of likely N-dealkylation sites (N-methyl/N-ethyl adjacent to an activating group) is 1. The third-order valence-corrected chi connectivity index (χ3v) is 4.95. The minimum absolute atomic E-state index is 0.0247. The van der Waals surface area contributed by atoms with E-state index < -0.39 is 0 Å². The van der Waals surface area contributed by atoms with E-state index in [1.54, 1.807) is 26.1 Å². The van der Waals surface area contributed by atoms with Crippen molar-refractivity contribution in [2.45, 2.75) is 38.8 Å². The van der Waals surface area contributed by atoms with Gasteiger partial charge in [0.05, 0.1) is 20.2 Å². The van der Waals surface area contributed by atoms with Gasteiger partial charge in [-0.15, -0.1) is 0 Å². The maximum atomic E-state index is 12.0. The zero-order valence-corrected chi connectivity index (χ0v) is 17.7. The molecule has 1 aromatic carbocycles. The molecule has 1 fully saturated rings. The minimum Gasteiger partial charge on any atom is -0.497 e. The lowest BCUT2D eigenvalue weighted by Gasteiger charge is -2.32. The molecular formula is C21H35N5O2. The molecule has 1 saturated heterocycles. The van der Waals surface area contributed by atoms with Gasteiger partial charge in [0, 0.05) is 33.2 Å². The van der Waals surface area contributed by atoms with Crippen LogP contribution in [0.4, 0.5) is 0 Å². The number of benzene rings is 1. The second-order valence-electron chi connectivity index (χ2n) is 7.41. The number of piperidine rings is 1. The molecule has 7 nitrogen and oxygen atoms in total. The summed E-state index contributed by atoms with van der Waals surface area (Å²) in [6.45, 7) is 6.38. The number of guanidine groups is 1. The van der Waals surface area contributed by atoms with Crippen molar-refractivity contribution in [3.8, 4) is 5.75 Å². The van der Waals surface area contributed by atoms with Gasteiger partial charge in [0.1, 0.15) is 5.75 Å². The summed E-state index contributed by atoms with van der Waals surface area (Å²) in [6.07, 6.45) is 3.37. The van der Waals surface area contributed by atoms with E-state index in [9.17, 15) is 4.79 Å². The molecule has 0 spiro atoms. The first-order valence-corrected chi connectivity index (χ1v) is 10.1. The second kappa shape index (κ2) is 11.5. The smallest absolute Gasteiger partial charge is 0.241 e. The van der Waals surface area contributed by atoms with Crippen molar-refractivity contribution in [1.82, 2.24) is 20.4 Å². The maximum absolute atomic E-state index is 12.0. The number of carbonyl (C=O) groups is 1. The molecule has 0 radical (unpaired) electrons. The molecule has 7 heteroatoms. The van der Waals surface area contributed by atoms with E-state index in [0.29, 0.717) is 18.5 Å². The fourth-order valence-electron chi connectivity index (χ4n) is 3.18. The Bertz CT molecular complexity index is 622. The molecule has 2 N–H and O–H groups in total. The van der Waals surface area contributed by atoms with Gasteiger partial charge in [0.15, 0.2) is 5.96 Å². The summed E-state index contributed by atoms with van der Waals surface area (Å²) >= 11 is 0. The van der Waals surface area contributed by atoms with Crippen LogP contribution in [0.2, 0.25) is 0 Å². The first-order chi connectivity index (χ1) is 13.5. The van der Waals surface area contributed by atoms with Crippen molar-refractivity contribution in [2.75, 3.05) is 47.4 Å². The molecule has 1 heterocycles. The molecule has 1 aliphatic heterocycles. The lowest BCUT2D eigenvalue weighted by Crippen LogP contribution is -2.50. The summed E-state index contributed by atoms with van der Waals surface area (Å²) in [7, 11) is 5.18. The standard InChI is InChI=1S/C21H35N5O2/c1-5-12-26-13-10-18(11-14-26)24-21(23-16-20(27)25(2)3)22-15-17-6-8-19(28-4)9-7-17/h6-9,18H,5,10-16H2,1-4H3,(H2,22,23,24). The van der Waals surface area contributed by atoms with E-state index in [-0.39, 0.29) is 12.5 Å². The highest BCUT2D eigenvalue weighted by Crippen LogP contribution is 2.13. The SMILES string of the molecule is CCCN1CCC(NC(=NCc2ccc(OC)cc2)NCC(=O)N(C)C)CC1. The van der Waals surface area contributed by atoms with Gasteiger partial charge in [0.25, 0.3) is 0 Å². The highest BCUT2D eigenvalue weighted by molar-refractivity contribution is 5.86. The molecule has 2 rings (SSSR count). The summed E-state index contributed by atoms with van der Waals surface area (Å²) in [5.41, 5.74) is 1.10. The molecule has 0 saturated carbocycles. The van der Waals surface area contributed by atoms with Crippen LogP contribution in [0, 0.1) is 0 Å². The largest absolute Gasteiger partial charge is 0.497 e. The third-order valence-electron chi connectivity index (χ3n) is 4.95. The zero-order chi connectivity index (χ0) is 20.4. The van der Waals surface area contributed by atoms with E-state index >= 15 is 0 Å². The number of carbonyl (C=O) groups excluding carboxylic acids is 1. The van der Waals surface area contributed by atoms with E-state index in [1.165, 1.54) is 13.0 Å². The first-order valence-electron chi connectivity index (χ1n) is 10.1. The number of nitrogens with one attached hydrogen (secondary N) is 2. The van der Waals surface area contributed by atoms with Gasteiger partial charge in [-0.3, -0.25) is 4.79 Å². The normalized spacial score (nSPS) is 15.9. The van der Waals surface area contributed by atoms with Gasteiger partial charge < -0.3 is 25.2 Å². The Balaban J connectivity index is 1.96. The fraction of sp³-hybridized carbons (Fsp3) is 0.619. The number of methoxy groups -OCH3 is 1. The number of hydrogen-bond acceptors (Lipinski definition) is 4. The van der Waals surface area contributed by atoms with Crippen molar-refractivity contribution >= 4 is 11.9 Å². The Morgan fingerprint density at radius 1 is 1.25 bits per heavy atom. The van der Waals surface area contributed by atoms with Crippen LogP contribution < -0.4 is 15.4 Å². The summed E-state index contributed by atoms with van der Waals surface area (Å²) in [5.74, 6) is 1.55. The number of amides is 1. The van der Waals surface area contributed by atoms with Gasteiger partial charge in [-0.1, -0.05) is 19.1 Å². The third kappa shape index (κ3) is 7.38. The molecule has 0 aliphatic carbocycles. The predicted octanol–water partition coefficient (Wildman–Crippen LogP) is 1.69. The molecule has 1 aromatic rings. The number of hydrogen-bond donors (Lipinski definition) is 2. The lowest BCUT2D eigenvalue weighted by molar-refractivity contribution is -0.127. The molecule has 0 bridgehead atoms. The average Bonchev–Trinajstić information content (AvgIpc) is 2.71. The van der Waals surface area contributed by atoms with Crippen LogP contribution in [-0.2, 0) is 11.3 Å². The quantitative estimate of drug-likeness (QED) is 0.523. The molecule has 28 heavy (non-hydrogen) atoms. The highest BCUT2D eigenvalue weighted by Gasteiger charge is 2.19. The van der Waals surface area contributed by atoms with E-state index in [4.69, 9.17) is 9.73 Å². The van der Waals surface area contributed by atoms with Gasteiger partial charge >= 0.3 is 0 Å². The molecule has 0 aromatic heterocycles. The first kappa shape index (κ1) is 22.0. The van der Waals surface area contributed by atoms with Crippen molar-refractivity contribution in [2.24, 2.45) is 4.99 Å². The van der Waals surface area contributed by atoms with Crippen molar-refractivity contribution in [3.63, 3.8) is 0 Å². The van der Waals surface area contributed by atoms with Crippen LogP contribution in [0.1, 0.15) is 31.7 Å². The van der Waals surface area contributed by atoms with Crippen LogP contribution >= 0.6 is 0 Å². The molecule has 0 unspecified atom stereocenters. The molecular weight excluding hydrogens is 354 g/mol. The number of aliphatic imine (C=N–C) groups is 1. The highest BCUT2D eigenvalue weighted by atomic mass is 16.5. The summed E-state index contributed by atoms with van der Waals surface area (Å²) in [6, 6.07) is 8.27. The number of nitrogens with zero attached hydrogens (tertiary/aromatic N) is 3. The zero-order valence-electron chi connectivity index (χ0n) is 17.7. The maximum Gasteiger partial charge on any atom is 0.241 e. The molecule has 1 aliphatic rings. The number of ether oxygens (including phenoxy) is 1. The molecule has 0 atom stereocenters. The van der Waals surface area contributed by atoms with Crippen molar-refractivity contribution in [3.05, 3.63) is 29.8 Å². The second-order valence-corrected chi connectivity index (χ2v) is 7.41. The number of likely N-dealkylation sites (tertiary alicyclic amines) is 1. The van der Waals surface area contributed by atoms with Crippen molar-refractivity contribution in [1.29, 1.82) is 0 Å². The van der Waals surface area contributed by atoms with Crippen LogP contribution in [0.3, 0.4) is 0 Å². The van der Waals surface area contributed by atoms with Crippen LogP contribution in [0.25, 0.3) is 0 Å². The predicted molar refractivity (Wildman–Crippen MR) is 114 cm³/mol. The lowest BCUT2D eigenvalue weighted by atomic mass is 10.1. The van der Waals surface area contributed by atoms with Crippen LogP contribution in [0.15, 0.2) is 29.3 Å². The fourth-order valence-corrected chi connectivity index (χ4v) is 3.18. The van der Waals surface area contributed by atoms with Gasteiger partial charge in [-0.25, -0.2) is 4.99 Å².